The highest BCUT2D eigenvalue weighted by molar-refractivity contribution is 9.10. The van der Waals surface area contributed by atoms with E-state index in [4.69, 9.17) is 5.73 Å². The normalized spacial score (nSPS) is 10.9. The molecule has 5 heteroatoms. The molecule has 0 spiro atoms. The van der Waals surface area contributed by atoms with E-state index in [0.717, 1.165) is 22.4 Å². The molecule has 0 amide bonds. The van der Waals surface area contributed by atoms with Crippen molar-refractivity contribution in [3.63, 3.8) is 0 Å². The maximum atomic E-state index is 5.76. The number of rotatable bonds is 3. The number of aromatic nitrogens is 2. The van der Waals surface area contributed by atoms with Crippen molar-refractivity contribution >= 4 is 21.7 Å². The first-order valence-corrected chi connectivity index (χ1v) is 5.29. The van der Waals surface area contributed by atoms with Crippen LogP contribution in [0.15, 0.2) is 4.47 Å². The van der Waals surface area contributed by atoms with Gasteiger partial charge in [-0.1, -0.05) is 6.92 Å². The van der Waals surface area contributed by atoms with Gasteiger partial charge < -0.3 is 10.6 Å². The van der Waals surface area contributed by atoms with E-state index >= 15 is 0 Å². The van der Waals surface area contributed by atoms with Crippen molar-refractivity contribution in [1.82, 2.24) is 14.9 Å². The first kappa shape index (κ1) is 11.4. The molecule has 0 atom stereocenters. The number of anilines is 1. The molecule has 1 aromatic heterocycles. The van der Waals surface area contributed by atoms with Crippen LogP contribution in [0.2, 0.25) is 0 Å². The van der Waals surface area contributed by atoms with Gasteiger partial charge in [0.25, 0.3) is 0 Å². The number of halogens is 1. The van der Waals surface area contributed by atoms with Gasteiger partial charge in [-0.05, 0) is 36.4 Å². The minimum atomic E-state index is 0.522. The van der Waals surface area contributed by atoms with Gasteiger partial charge in [0.15, 0.2) is 0 Å². The summed E-state index contributed by atoms with van der Waals surface area (Å²) in [6.07, 6.45) is 0.855. The molecule has 1 rings (SSSR count). The summed E-state index contributed by atoms with van der Waals surface area (Å²) in [7, 11) is 3.96. The standard InChI is InChI=1S/C9H15BrN4/c1-4-6-8(10)9(11)13-7(12-6)5-14(2)3/h4-5H2,1-3H3,(H2,11,12,13). The number of hydrogen-bond acceptors (Lipinski definition) is 4. The van der Waals surface area contributed by atoms with E-state index in [9.17, 15) is 0 Å². The van der Waals surface area contributed by atoms with Gasteiger partial charge >= 0.3 is 0 Å². The Morgan fingerprint density at radius 3 is 2.50 bits per heavy atom. The summed E-state index contributed by atoms with van der Waals surface area (Å²) in [6, 6.07) is 0. The van der Waals surface area contributed by atoms with Crippen LogP contribution in [-0.4, -0.2) is 29.0 Å². The summed E-state index contributed by atoms with van der Waals surface area (Å²) in [6.45, 7) is 2.76. The van der Waals surface area contributed by atoms with Crippen molar-refractivity contribution in [3.05, 3.63) is 16.0 Å². The number of nitrogens with zero attached hydrogens (tertiary/aromatic N) is 3. The number of hydrogen-bond donors (Lipinski definition) is 1. The quantitative estimate of drug-likeness (QED) is 0.892. The van der Waals surface area contributed by atoms with Gasteiger partial charge in [-0.3, -0.25) is 0 Å². The molecule has 0 aliphatic rings. The molecule has 1 heterocycles. The smallest absolute Gasteiger partial charge is 0.145 e. The van der Waals surface area contributed by atoms with Crippen molar-refractivity contribution in [3.8, 4) is 0 Å². The number of nitrogens with two attached hydrogens (primary N) is 1. The Morgan fingerprint density at radius 1 is 1.36 bits per heavy atom. The lowest BCUT2D eigenvalue weighted by atomic mass is 10.3. The molecule has 0 aliphatic carbocycles. The van der Waals surface area contributed by atoms with Crippen LogP contribution in [0.4, 0.5) is 5.82 Å². The first-order valence-electron chi connectivity index (χ1n) is 4.50. The largest absolute Gasteiger partial charge is 0.383 e. The third-order valence-electron chi connectivity index (χ3n) is 1.78. The summed E-state index contributed by atoms with van der Waals surface area (Å²) in [5, 5.41) is 0. The van der Waals surface area contributed by atoms with E-state index in [1.54, 1.807) is 0 Å². The predicted octanol–water partition coefficient (Wildman–Crippen LogP) is 1.45. The molecule has 0 radical (unpaired) electrons. The maximum Gasteiger partial charge on any atom is 0.145 e. The second-order valence-corrected chi connectivity index (χ2v) is 4.17. The van der Waals surface area contributed by atoms with Crippen LogP contribution in [0.5, 0.6) is 0 Å². The third-order valence-corrected chi connectivity index (χ3v) is 2.65. The van der Waals surface area contributed by atoms with Gasteiger partial charge in [0.05, 0.1) is 16.7 Å². The Labute approximate surface area is 92.7 Å². The van der Waals surface area contributed by atoms with E-state index in [2.05, 4.69) is 25.9 Å². The minimum absolute atomic E-state index is 0.522. The van der Waals surface area contributed by atoms with Crippen molar-refractivity contribution in [2.24, 2.45) is 0 Å². The van der Waals surface area contributed by atoms with Crippen molar-refractivity contribution in [2.75, 3.05) is 19.8 Å². The molecule has 4 nitrogen and oxygen atoms in total. The molecule has 0 saturated carbocycles. The van der Waals surface area contributed by atoms with Crippen LogP contribution in [0.25, 0.3) is 0 Å². The molecule has 0 aromatic carbocycles. The van der Waals surface area contributed by atoms with Gasteiger partial charge in [-0.2, -0.15) is 0 Å². The zero-order valence-electron chi connectivity index (χ0n) is 8.71. The third kappa shape index (κ3) is 2.65. The Kier molecular flexibility index (Phi) is 3.83. The molecule has 0 bridgehead atoms. The average molecular weight is 259 g/mol. The van der Waals surface area contributed by atoms with Crippen molar-refractivity contribution in [2.45, 2.75) is 19.9 Å². The van der Waals surface area contributed by atoms with Crippen LogP contribution in [-0.2, 0) is 13.0 Å². The first-order chi connectivity index (χ1) is 6.54. The molecule has 14 heavy (non-hydrogen) atoms. The molecule has 0 aliphatic heterocycles. The van der Waals surface area contributed by atoms with E-state index in [0.29, 0.717) is 12.4 Å². The van der Waals surface area contributed by atoms with Crippen molar-refractivity contribution < 1.29 is 0 Å². The Hall–Kier alpha value is -0.680. The zero-order chi connectivity index (χ0) is 10.7. The van der Waals surface area contributed by atoms with E-state index in [1.165, 1.54) is 0 Å². The van der Waals surface area contributed by atoms with E-state index in [-0.39, 0.29) is 0 Å². The highest BCUT2D eigenvalue weighted by atomic mass is 79.9. The van der Waals surface area contributed by atoms with Crippen LogP contribution < -0.4 is 5.73 Å². The summed E-state index contributed by atoms with van der Waals surface area (Å²) < 4.78 is 0.822. The Morgan fingerprint density at radius 2 is 2.00 bits per heavy atom. The second-order valence-electron chi connectivity index (χ2n) is 3.38. The SMILES string of the molecule is CCc1nc(CN(C)C)nc(N)c1Br. The molecular weight excluding hydrogens is 244 g/mol. The van der Waals surface area contributed by atoms with Gasteiger partial charge in [0, 0.05) is 0 Å². The lowest BCUT2D eigenvalue weighted by Crippen LogP contribution is -2.15. The summed E-state index contributed by atoms with van der Waals surface area (Å²) >= 11 is 3.38. The van der Waals surface area contributed by atoms with Crippen LogP contribution in [0.1, 0.15) is 18.4 Å². The highest BCUT2D eigenvalue weighted by Gasteiger charge is 2.08. The molecule has 78 valence electrons. The summed E-state index contributed by atoms with van der Waals surface area (Å²) in [5.74, 6) is 1.29. The van der Waals surface area contributed by atoms with E-state index in [1.807, 2.05) is 25.9 Å². The van der Waals surface area contributed by atoms with Gasteiger partial charge in [-0.25, -0.2) is 9.97 Å². The topological polar surface area (TPSA) is 55.0 Å². The van der Waals surface area contributed by atoms with Gasteiger partial charge in [0.2, 0.25) is 0 Å². The van der Waals surface area contributed by atoms with Crippen LogP contribution >= 0.6 is 15.9 Å². The molecule has 1 aromatic rings. The molecule has 2 N–H and O–H groups in total. The van der Waals surface area contributed by atoms with Gasteiger partial charge in [-0.15, -0.1) is 0 Å². The fourth-order valence-corrected chi connectivity index (χ4v) is 1.61. The van der Waals surface area contributed by atoms with Crippen molar-refractivity contribution in [1.29, 1.82) is 0 Å². The van der Waals surface area contributed by atoms with Gasteiger partial charge in [0.1, 0.15) is 11.6 Å². The molecule has 0 saturated heterocycles. The Bertz CT molecular complexity index is 325. The average Bonchev–Trinajstić information content (AvgIpc) is 2.10. The van der Waals surface area contributed by atoms with E-state index < -0.39 is 0 Å². The van der Waals surface area contributed by atoms with Crippen LogP contribution in [0, 0.1) is 0 Å². The number of nitrogen functional groups attached to an aromatic ring is 1. The predicted molar refractivity (Wildman–Crippen MR) is 60.9 cm³/mol. The maximum absolute atomic E-state index is 5.76. The minimum Gasteiger partial charge on any atom is -0.383 e. The summed E-state index contributed by atoms with van der Waals surface area (Å²) in [4.78, 5) is 10.6. The highest BCUT2D eigenvalue weighted by Crippen LogP contribution is 2.21. The monoisotopic (exact) mass is 258 g/mol. The fourth-order valence-electron chi connectivity index (χ4n) is 1.15. The molecular formula is C9H15BrN4. The second kappa shape index (κ2) is 4.70. The zero-order valence-corrected chi connectivity index (χ0v) is 10.3. The van der Waals surface area contributed by atoms with Crippen LogP contribution in [0.3, 0.4) is 0 Å². The molecule has 0 fully saturated rings. The lowest BCUT2D eigenvalue weighted by molar-refractivity contribution is 0.390. The molecule has 0 unspecified atom stereocenters. The number of aryl methyl sites for hydroxylation is 1. The summed E-state index contributed by atoms with van der Waals surface area (Å²) in [5.41, 5.74) is 6.72. The Balaban J connectivity index is 3.03. The lowest BCUT2D eigenvalue weighted by Gasteiger charge is -2.11. The fraction of sp³-hybridized carbons (Fsp3) is 0.556.